The summed E-state index contributed by atoms with van der Waals surface area (Å²) in [6.07, 6.45) is 1.61. The number of carbonyl (C=O) groups is 2. The van der Waals surface area contributed by atoms with E-state index in [0.29, 0.717) is 13.1 Å². The molecule has 0 bridgehead atoms. The highest BCUT2D eigenvalue weighted by molar-refractivity contribution is 6.74. The molecular weight excluding hydrogens is 412 g/mol. The Morgan fingerprint density at radius 2 is 1.52 bits per heavy atom. The fraction of sp³-hybridized carbons (Fsp3) is 0.913. The summed E-state index contributed by atoms with van der Waals surface area (Å²) in [5, 5.41) is 2.90. The van der Waals surface area contributed by atoms with Gasteiger partial charge in [0.15, 0.2) is 8.32 Å². The van der Waals surface area contributed by atoms with E-state index < -0.39 is 25.6 Å². The lowest BCUT2D eigenvalue weighted by atomic mass is 10.1. The number of ether oxygens (including phenoxy) is 2. The molecule has 1 fully saturated rings. The summed E-state index contributed by atoms with van der Waals surface area (Å²) in [6.45, 7) is 23.3. The molecule has 182 valence electrons. The highest BCUT2D eigenvalue weighted by atomic mass is 28.4. The van der Waals surface area contributed by atoms with Gasteiger partial charge >= 0.3 is 12.2 Å². The average Bonchev–Trinajstić information content (AvgIpc) is 2.89. The molecule has 1 saturated heterocycles. The van der Waals surface area contributed by atoms with Gasteiger partial charge in [-0.15, -0.1) is 0 Å². The van der Waals surface area contributed by atoms with Gasteiger partial charge in [-0.25, -0.2) is 9.59 Å². The number of rotatable bonds is 6. The van der Waals surface area contributed by atoms with E-state index in [1.165, 1.54) is 0 Å². The topological polar surface area (TPSA) is 77.1 Å². The van der Waals surface area contributed by atoms with Crippen LogP contribution in [0, 0.1) is 0 Å². The van der Waals surface area contributed by atoms with E-state index in [-0.39, 0.29) is 23.3 Å². The molecule has 1 rings (SSSR count). The van der Waals surface area contributed by atoms with Gasteiger partial charge in [0, 0.05) is 19.1 Å². The number of hydrogen-bond acceptors (Lipinski definition) is 5. The number of hydrogen-bond donors (Lipinski definition) is 1. The number of nitrogens with zero attached hydrogens (tertiary/aromatic N) is 1. The monoisotopic (exact) mass is 458 g/mol. The van der Waals surface area contributed by atoms with Gasteiger partial charge in [0.05, 0.1) is 6.10 Å². The molecule has 0 unspecified atom stereocenters. The van der Waals surface area contributed by atoms with Gasteiger partial charge in [0.1, 0.15) is 11.2 Å². The van der Waals surface area contributed by atoms with Crippen LogP contribution in [0.15, 0.2) is 0 Å². The molecule has 8 heteroatoms. The third kappa shape index (κ3) is 9.81. The Balaban J connectivity index is 2.73. The summed E-state index contributed by atoms with van der Waals surface area (Å²) in [5.41, 5.74) is -1.06. The molecule has 1 N–H and O–H groups in total. The number of alkyl carbamates (subject to hydrolysis) is 1. The normalized spacial score (nSPS) is 20.5. The number of nitrogens with one attached hydrogen (secondary N) is 1. The molecule has 1 aliphatic rings. The average molecular weight is 459 g/mol. The Morgan fingerprint density at radius 1 is 0.968 bits per heavy atom. The van der Waals surface area contributed by atoms with Crippen molar-refractivity contribution in [1.29, 1.82) is 0 Å². The second-order valence-electron chi connectivity index (χ2n) is 12.1. The Morgan fingerprint density at radius 3 is 2.00 bits per heavy atom. The lowest BCUT2D eigenvalue weighted by Gasteiger charge is -2.38. The molecule has 2 atom stereocenters. The van der Waals surface area contributed by atoms with Gasteiger partial charge in [-0.2, -0.15) is 0 Å². The van der Waals surface area contributed by atoms with Crippen molar-refractivity contribution >= 4 is 20.5 Å². The quantitative estimate of drug-likeness (QED) is 0.408. The van der Waals surface area contributed by atoms with E-state index in [4.69, 9.17) is 13.9 Å². The van der Waals surface area contributed by atoms with E-state index >= 15 is 0 Å². The molecular formula is C23H46N2O5Si. The minimum Gasteiger partial charge on any atom is -0.444 e. The first-order valence-electron chi connectivity index (χ1n) is 11.4. The van der Waals surface area contributed by atoms with E-state index in [1.54, 1.807) is 0 Å². The maximum absolute atomic E-state index is 12.8. The zero-order valence-corrected chi connectivity index (χ0v) is 22.7. The Hall–Kier alpha value is -1.28. The summed E-state index contributed by atoms with van der Waals surface area (Å²) < 4.78 is 17.5. The van der Waals surface area contributed by atoms with Crippen LogP contribution in [0.2, 0.25) is 18.1 Å². The van der Waals surface area contributed by atoms with Gasteiger partial charge in [0.2, 0.25) is 0 Å². The molecule has 0 aromatic heterocycles. The Bertz CT molecular complexity index is 617. The molecule has 1 aliphatic heterocycles. The van der Waals surface area contributed by atoms with Crippen molar-refractivity contribution in [3.63, 3.8) is 0 Å². The minimum absolute atomic E-state index is 0.0113. The Kier molecular flexibility index (Phi) is 9.05. The third-order valence-corrected chi connectivity index (χ3v) is 10.2. The van der Waals surface area contributed by atoms with Crippen LogP contribution >= 0.6 is 0 Å². The van der Waals surface area contributed by atoms with E-state index in [1.807, 2.05) is 46.4 Å². The Labute approximate surface area is 190 Å². The van der Waals surface area contributed by atoms with Gasteiger partial charge in [-0.3, -0.25) is 0 Å². The van der Waals surface area contributed by atoms with Crippen LogP contribution in [0.4, 0.5) is 9.59 Å². The van der Waals surface area contributed by atoms with Crippen molar-refractivity contribution < 1.29 is 23.5 Å². The van der Waals surface area contributed by atoms with Crippen molar-refractivity contribution in [2.24, 2.45) is 0 Å². The zero-order chi connectivity index (χ0) is 24.3. The van der Waals surface area contributed by atoms with Crippen LogP contribution in [0.1, 0.15) is 81.6 Å². The summed E-state index contributed by atoms with van der Waals surface area (Å²) in [6, 6.07) is 0.0325. The number of amides is 2. The predicted molar refractivity (Wildman–Crippen MR) is 127 cm³/mol. The molecule has 0 saturated carbocycles. The maximum atomic E-state index is 12.8. The van der Waals surface area contributed by atoms with Gasteiger partial charge < -0.3 is 24.1 Å². The highest BCUT2D eigenvalue weighted by Gasteiger charge is 2.44. The van der Waals surface area contributed by atoms with Gasteiger partial charge in [-0.05, 0) is 78.9 Å². The maximum Gasteiger partial charge on any atom is 0.410 e. The molecule has 2 amide bonds. The van der Waals surface area contributed by atoms with Crippen LogP contribution in [-0.4, -0.2) is 61.8 Å². The summed E-state index contributed by atoms with van der Waals surface area (Å²) in [5.74, 6) is 0. The van der Waals surface area contributed by atoms with Crippen molar-refractivity contribution in [2.45, 2.75) is 123 Å². The van der Waals surface area contributed by atoms with Gasteiger partial charge in [-0.1, -0.05) is 20.8 Å². The molecule has 7 nitrogen and oxygen atoms in total. The largest absolute Gasteiger partial charge is 0.444 e. The van der Waals surface area contributed by atoms with Crippen molar-refractivity contribution in [1.82, 2.24) is 10.2 Å². The van der Waals surface area contributed by atoms with Crippen LogP contribution in [0.5, 0.6) is 0 Å². The van der Waals surface area contributed by atoms with Crippen LogP contribution in [0.3, 0.4) is 0 Å². The smallest absolute Gasteiger partial charge is 0.410 e. The number of carbonyl (C=O) groups excluding carboxylic acids is 2. The second-order valence-corrected chi connectivity index (χ2v) is 16.8. The van der Waals surface area contributed by atoms with Crippen molar-refractivity contribution in [3.05, 3.63) is 0 Å². The lowest BCUT2D eigenvalue weighted by Crippen LogP contribution is -2.45. The molecule has 0 spiro atoms. The van der Waals surface area contributed by atoms with Gasteiger partial charge in [0.25, 0.3) is 0 Å². The SMILES string of the molecule is CC(C)(C)OC(=O)NCCC[C@@H]1C[C@@H](O[Si](C)(C)C(C)(C)C)CN1C(=O)OC(C)(C)C. The molecule has 0 radical (unpaired) electrons. The molecule has 0 aromatic rings. The predicted octanol–water partition coefficient (Wildman–Crippen LogP) is 5.69. The van der Waals surface area contributed by atoms with Crippen LogP contribution in [0.25, 0.3) is 0 Å². The fourth-order valence-corrected chi connectivity index (χ4v) is 4.57. The van der Waals surface area contributed by atoms with E-state index in [0.717, 1.165) is 19.3 Å². The summed E-state index contributed by atoms with van der Waals surface area (Å²) in [7, 11) is -1.94. The first kappa shape index (κ1) is 27.8. The minimum atomic E-state index is -1.94. The zero-order valence-electron chi connectivity index (χ0n) is 21.7. The highest BCUT2D eigenvalue weighted by Crippen LogP contribution is 2.39. The van der Waals surface area contributed by atoms with E-state index in [9.17, 15) is 9.59 Å². The van der Waals surface area contributed by atoms with E-state index in [2.05, 4.69) is 39.2 Å². The summed E-state index contributed by atoms with van der Waals surface area (Å²) >= 11 is 0. The molecule has 0 aromatic carbocycles. The summed E-state index contributed by atoms with van der Waals surface area (Å²) in [4.78, 5) is 26.5. The number of likely N-dealkylation sites (tertiary alicyclic amines) is 1. The van der Waals surface area contributed by atoms with Crippen molar-refractivity contribution in [2.75, 3.05) is 13.1 Å². The second kappa shape index (κ2) is 10.1. The molecule has 31 heavy (non-hydrogen) atoms. The first-order chi connectivity index (χ1) is 13.8. The standard InChI is InChI=1S/C23H46N2O5Si/c1-21(2,3)28-19(26)24-14-12-13-17-15-18(30-31(10,11)23(7,8)9)16-25(17)20(27)29-22(4,5)6/h17-18H,12-16H2,1-11H3,(H,24,26)/t17-,18-/m1/s1. The van der Waals surface area contributed by atoms with Crippen molar-refractivity contribution in [3.8, 4) is 0 Å². The van der Waals surface area contributed by atoms with Crippen LogP contribution in [-0.2, 0) is 13.9 Å². The molecule has 1 heterocycles. The molecule has 0 aliphatic carbocycles. The first-order valence-corrected chi connectivity index (χ1v) is 14.4. The third-order valence-electron chi connectivity index (χ3n) is 5.65. The fourth-order valence-electron chi connectivity index (χ4n) is 3.21. The van der Waals surface area contributed by atoms with Crippen LogP contribution < -0.4 is 5.32 Å². The lowest BCUT2D eigenvalue weighted by molar-refractivity contribution is 0.0202.